The Bertz CT molecular complexity index is 2380. The molecule has 0 fully saturated rings. The number of hydrogen-bond acceptors (Lipinski definition) is 5. The third-order valence-electron chi connectivity index (χ3n) is 15.3. The quantitative estimate of drug-likeness (QED) is 0.0373. The molecule has 5 heteroatoms. The zero-order chi connectivity index (χ0) is 69.0. The van der Waals surface area contributed by atoms with Gasteiger partial charge in [-0.05, 0) is 173 Å². The van der Waals surface area contributed by atoms with Crippen LogP contribution in [0.2, 0.25) is 0 Å². The lowest BCUT2D eigenvalue weighted by Crippen LogP contribution is -2.28. The molecule has 0 aromatic carbocycles. The molecule has 0 aromatic heterocycles. The van der Waals surface area contributed by atoms with Crippen molar-refractivity contribution in [3.63, 3.8) is 0 Å². The SMILES string of the molecule is CC/C=C\C/C=C\C/C=C\C/C=C\C/C=C\C/C=C\C/C=C\C/C=C\C/C=C\C/C=C\C/C=C\C/C=C\CCCCCCC(=O)OC(CO)COC(=O)CCCCCCCCCCCCCCC/C=C\C/C=C\C/C=C\C/C=C\C/C=C\C/C=C\C/C=C\C/C=C\C/C=C\CC. The lowest BCUT2D eigenvalue weighted by atomic mass is 10.0. The van der Waals surface area contributed by atoms with Gasteiger partial charge < -0.3 is 14.6 Å². The highest BCUT2D eigenvalue weighted by molar-refractivity contribution is 5.70. The average molecular weight is 1310 g/mol. The summed E-state index contributed by atoms with van der Waals surface area (Å²) in [7, 11) is 0. The summed E-state index contributed by atoms with van der Waals surface area (Å²) in [6.45, 7) is 3.88. The average Bonchev–Trinajstić information content (AvgIpc) is 3.79. The first-order valence-electron chi connectivity index (χ1n) is 38.2. The van der Waals surface area contributed by atoms with Crippen molar-refractivity contribution in [3.8, 4) is 0 Å². The van der Waals surface area contributed by atoms with Crippen LogP contribution in [-0.2, 0) is 19.1 Å². The summed E-state index contributed by atoms with van der Waals surface area (Å²) in [4.78, 5) is 24.7. The summed E-state index contributed by atoms with van der Waals surface area (Å²) in [5, 5.41) is 9.72. The summed E-state index contributed by atoms with van der Waals surface area (Å²) in [5.41, 5.74) is 0. The Kier molecular flexibility index (Phi) is 77.0. The minimum Gasteiger partial charge on any atom is -0.462 e. The van der Waals surface area contributed by atoms with Crippen LogP contribution in [0.3, 0.4) is 0 Å². The van der Waals surface area contributed by atoms with Crippen LogP contribution in [0.15, 0.2) is 255 Å². The van der Waals surface area contributed by atoms with E-state index in [2.05, 4.69) is 269 Å². The Balaban J connectivity index is 3.64. The van der Waals surface area contributed by atoms with Crippen molar-refractivity contribution in [2.75, 3.05) is 13.2 Å². The molecule has 5 nitrogen and oxygen atoms in total. The molecular formula is C91H138O5. The van der Waals surface area contributed by atoms with Crippen molar-refractivity contribution in [1.29, 1.82) is 0 Å². The first kappa shape index (κ1) is 89.4. The van der Waals surface area contributed by atoms with Crippen LogP contribution in [0.1, 0.15) is 284 Å². The summed E-state index contributed by atoms with van der Waals surface area (Å²) >= 11 is 0. The predicted molar refractivity (Wildman–Crippen MR) is 425 cm³/mol. The second-order valence-corrected chi connectivity index (χ2v) is 24.3. The molecular weight excluding hydrogens is 1170 g/mol. The molecule has 1 atom stereocenters. The lowest BCUT2D eigenvalue weighted by Gasteiger charge is -2.15. The van der Waals surface area contributed by atoms with E-state index in [0.29, 0.717) is 12.8 Å². The minimum absolute atomic E-state index is 0.0920. The van der Waals surface area contributed by atoms with E-state index in [-0.39, 0.29) is 25.2 Å². The number of aliphatic hydroxyl groups is 1. The number of ether oxygens (including phenoxy) is 2. The molecule has 0 aliphatic heterocycles. The Morgan fingerprint density at radius 2 is 0.417 bits per heavy atom. The van der Waals surface area contributed by atoms with Gasteiger partial charge in [0.1, 0.15) is 6.61 Å². The van der Waals surface area contributed by atoms with E-state index >= 15 is 0 Å². The van der Waals surface area contributed by atoms with E-state index in [1.807, 2.05) is 0 Å². The van der Waals surface area contributed by atoms with E-state index < -0.39 is 6.10 Å². The first-order chi connectivity index (χ1) is 47.6. The molecule has 0 aromatic rings. The largest absolute Gasteiger partial charge is 0.462 e. The summed E-state index contributed by atoms with van der Waals surface area (Å²) in [6, 6.07) is 0. The standard InChI is InChI=1S/C91H138O5/c1-3-5-7-9-11-13-15-17-19-21-23-25-27-29-31-33-35-37-39-41-43-45-47-49-51-53-55-57-59-61-63-65-67-69-71-73-75-77-79-81-83-85-90(93)95-88-89(87-92)96-91(94)86-84-82-80-78-76-74-72-70-68-66-64-62-60-58-56-54-52-50-48-46-44-42-40-38-36-34-32-30-28-26-24-22-20-18-16-14-12-10-8-6-4-2/h5-8,11-14,17-20,23-26,29-32,35-38,41-44,47-50,53-56,60,62,66,68,72,74,89,92H,3-4,9-10,15-16,21-22,27-28,33-34,39-40,45-46,51-52,57-59,61,63-65,67,69-71,73,75-88H2,1-2H3/b7-5-,8-6-,13-11-,14-12-,19-17-,20-18-,25-23-,26-24-,31-29-,32-30-,37-35-,38-36-,43-41-,44-42-,49-47-,50-48-,55-53-,56-54-,62-60-,68-66-,74-72-. The van der Waals surface area contributed by atoms with Gasteiger partial charge in [0.15, 0.2) is 6.10 Å². The number of aliphatic hydroxyl groups excluding tert-OH is 1. The monoisotopic (exact) mass is 1310 g/mol. The fraction of sp³-hybridized carbons (Fsp3) is 0.516. The maximum Gasteiger partial charge on any atom is 0.306 e. The van der Waals surface area contributed by atoms with Gasteiger partial charge >= 0.3 is 11.9 Å². The van der Waals surface area contributed by atoms with Crippen LogP contribution < -0.4 is 0 Å². The van der Waals surface area contributed by atoms with Crippen LogP contribution in [0.25, 0.3) is 0 Å². The molecule has 0 heterocycles. The molecule has 0 bridgehead atoms. The second kappa shape index (κ2) is 82.7. The normalized spacial score (nSPS) is 13.7. The number of rotatable bonds is 67. The summed E-state index contributed by atoms with van der Waals surface area (Å²) in [6.07, 6.45) is 137. The highest BCUT2D eigenvalue weighted by Gasteiger charge is 2.16. The van der Waals surface area contributed by atoms with E-state index in [4.69, 9.17) is 9.47 Å². The number of carbonyl (C=O) groups is 2. The van der Waals surface area contributed by atoms with Gasteiger partial charge in [-0.2, -0.15) is 0 Å². The third kappa shape index (κ3) is 79.9. The topological polar surface area (TPSA) is 72.8 Å². The predicted octanol–water partition coefficient (Wildman–Crippen LogP) is 27.5. The van der Waals surface area contributed by atoms with Crippen LogP contribution in [0, 0.1) is 0 Å². The fourth-order valence-corrected chi connectivity index (χ4v) is 9.71. The molecule has 96 heavy (non-hydrogen) atoms. The lowest BCUT2D eigenvalue weighted by molar-refractivity contribution is -0.161. The van der Waals surface area contributed by atoms with Gasteiger partial charge in [-0.3, -0.25) is 9.59 Å². The highest BCUT2D eigenvalue weighted by atomic mass is 16.6. The van der Waals surface area contributed by atoms with Gasteiger partial charge in [0.2, 0.25) is 0 Å². The van der Waals surface area contributed by atoms with Crippen LogP contribution in [-0.4, -0.2) is 36.4 Å². The molecule has 532 valence electrons. The zero-order valence-corrected chi connectivity index (χ0v) is 61.0. The molecule has 1 N–H and O–H groups in total. The molecule has 0 aliphatic rings. The minimum atomic E-state index is -0.807. The smallest absolute Gasteiger partial charge is 0.306 e. The summed E-state index contributed by atoms with van der Waals surface area (Å²) < 4.78 is 10.7. The number of allylic oxidation sites excluding steroid dienone is 42. The number of carbonyl (C=O) groups excluding carboxylic acids is 2. The van der Waals surface area contributed by atoms with Crippen LogP contribution in [0.5, 0.6) is 0 Å². The Morgan fingerprint density at radius 1 is 0.240 bits per heavy atom. The van der Waals surface area contributed by atoms with Gasteiger partial charge in [-0.15, -0.1) is 0 Å². The first-order valence-corrected chi connectivity index (χ1v) is 38.2. The second-order valence-electron chi connectivity index (χ2n) is 24.3. The van der Waals surface area contributed by atoms with Crippen molar-refractivity contribution >= 4 is 11.9 Å². The van der Waals surface area contributed by atoms with E-state index in [9.17, 15) is 14.7 Å². The van der Waals surface area contributed by atoms with Crippen molar-refractivity contribution in [1.82, 2.24) is 0 Å². The van der Waals surface area contributed by atoms with Gasteiger partial charge in [0.05, 0.1) is 6.61 Å². The molecule has 0 saturated heterocycles. The molecule has 0 spiro atoms. The zero-order valence-electron chi connectivity index (χ0n) is 61.0. The Labute approximate surface area is 590 Å². The number of unbranched alkanes of at least 4 members (excludes halogenated alkanes) is 17. The maximum atomic E-state index is 12.4. The maximum absolute atomic E-state index is 12.4. The third-order valence-corrected chi connectivity index (χ3v) is 15.3. The molecule has 0 aliphatic carbocycles. The Morgan fingerprint density at radius 3 is 0.625 bits per heavy atom. The Hall–Kier alpha value is -6.56. The van der Waals surface area contributed by atoms with Crippen molar-refractivity contribution in [3.05, 3.63) is 255 Å². The highest BCUT2D eigenvalue weighted by Crippen LogP contribution is 2.15. The van der Waals surface area contributed by atoms with Gasteiger partial charge in [-0.25, -0.2) is 0 Å². The van der Waals surface area contributed by atoms with Crippen molar-refractivity contribution in [2.45, 2.75) is 290 Å². The molecule has 0 rings (SSSR count). The molecule has 1 unspecified atom stereocenters. The van der Waals surface area contributed by atoms with Crippen molar-refractivity contribution in [2.24, 2.45) is 0 Å². The van der Waals surface area contributed by atoms with Crippen molar-refractivity contribution < 1.29 is 24.2 Å². The number of hydrogen-bond donors (Lipinski definition) is 1. The van der Waals surface area contributed by atoms with Gasteiger partial charge in [-0.1, -0.05) is 353 Å². The fourth-order valence-electron chi connectivity index (χ4n) is 9.71. The van der Waals surface area contributed by atoms with E-state index in [1.54, 1.807) is 0 Å². The summed E-state index contributed by atoms with van der Waals surface area (Å²) in [5.74, 6) is -0.635. The van der Waals surface area contributed by atoms with Gasteiger partial charge in [0, 0.05) is 12.8 Å². The molecule has 0 radical (unpaired) electrons. The van der Waals surface area contributed by atoms with E-state index in [1.165, 1.54) is 70.6 Å². The van der Waals surface area contributed by atoms with Crippen LogP contribution in [0.4, 0.5) is 0 Å². The molecule has 0 amide bonds. The van der Waals surface area contributed by atoms with E-state index in [0.717, 1.165) is 186 Å². The molecule has 0 saturated carbocycles. The van der Waals surface area contributed by atoms with Gasteiger partial charge in [0.25, 0.3) is 0 Å². The number of esters is 2. The van der Waals surface area contributed by atoms with Crippen LogP contribution >= 0.6 is 0 Å².